The van der Waals surface area contributed by atoms with Gasteiger partial charge < -0.3 is 14.7 Å². The van der Waals surface area contributed by atoms with E-state index in [-0.39, 0.29) is 18.2 Å². The van der Waals surface area contributed by atoms with E-state index in [4.69, 9.17) is 4.74 Å². The minimum atomic E-state index is -0.647. The maximum atomic E-state index is 12.6. The average molecular weight is 396 g/mol. The molecule has 0 aromatic heterocycles. The number of fused-ring (bicyclic) bond motifs is 1. The molecule has 3 rings (SSSR count). The summed E-state index contributed by atoms with van der Waals surface area (Å²) in [6, 6.07) is 14.4. The van der Waals surface area contributed by atoms with E-state index >= 15 is 0 Å². The quantitative estimate of drug-likeness (QED) is 0.613. The van der Waals surface area contributed by atoms with Crippen LogP contribution in [0.15, 0.2) is 54.3 Å². The molecule has 0 heterocycles. The highest BCUT2D eigenvalue weighted by molar-refractivity contribution is 5.83. The molecule has 1 saturated carbocycles. The van der Waals surface area contributed by atoms with Crippen molar-refractivity contribution in [2.24, 2.45) is 5.41 Å². The van der Waals surface area contributed by atoms with Crippen LogP contribution in [0.4, 0.5) is 4.79 Å². The number of aliphatic hydroxyl groups is 1. The third-order valence-corrected chi connectivity index (χ3v) is 6.19. The highest BCUT2D eigenvalue weighted by Gasteiger charge is 2.41. The first-order valence-corrected chi connectivity index (χ1v) is 10.6. The van der Waals surface area contributed by atoms with Crippen molar-refractivity contribution < 1.29 is 14.6 Å². The maximum absolute atomic E-state index is 12.6. The molecule has 1 aliphatic carbocycles. The molecule has 4 nitrogen and oxygen atoms in total. The van der Waals surface area contributed by atoms with Gasteiger partial charge in [0, 0.05) is 17.5 Å². The SMILES string of the molecule is CC(C)N(C(=O)O/C=C1\CCC[C@]1(C)[C@H](O)c1ccc2ccccc2c1)C(C)C. The van der Waals surface area contributed by atoms with Crippen LogP contribution in [0.2, 0.25) is 0 Å². The van der Waals surface area contributed by atoms with Gasteiger partial charge in [0.15, 0.2) is 0 Å². The fraction of sp³-hybridized carbons (Fsp3) is 0.480. The summed E-state index contributed by atoms with van der Waals surface area (Å²) in [5.41, 5.74) is 1.46. The zero-order chi connectivity index (χ0) is 21.2. The Kier molecular flexibility index (Phi) is 6.33. The average Bonchev–Trinajstić information content (AvgIpc) is 3.06. The molecule has 0 spiro atoms. The van der Waals surface area contributed by atoms with Crippen molar-refractivity contribution in [3.05, 3.63) is 59.9 Å². The fourth-order valence-corrected chi connectivity index (χ4v) is 4.54. The maximum Gasteiger partial charge on any atom is 0.415 e. The number of benzene rings is 2. The number of carbonyl (C=O) groups is 1. The Morgan fingerprint density at radius 3 is 2.41 bits per heavy atom. The van der Waals surface area contributed by atoms with Gasteiger partial charge in [-0.15, -0.1) is 0 Å². The van der Waals surface area contributed by atoms with E-state index in [1.807, 2.05) is 45.9 Å². The van der Waals surface area contributed by atoms with E-state index in [1.54, 1.807) is 11.2 Å². The summed E-state index contributed by atoms with van der Waals surface area (Å²) in [5.74, 6) is 0. The number of ether oxygens (including phenoxy) is 1. The number of hydrogen-bond donors (Lipinski definition) is 1. The summed E-state index contributed by atoms with van der Waals surface area (Å²) in [7, 11) is 0. The number of hydrogen-bond acceptors (Lipinski definition) is 3. The lowest BCUT2D eigenvalue weighted by atomic mass is 9.76. The molecule has 156 valence electrons. The molecule has 0 aliphatic heterocycles. The lowest BCUT2D eigenvalue weighted by Gasteiger charge is -2.33. The topological polar surface area (TPSA) is 49.8 Å². The Morgan fingerprint density at radius 1 is 1.10 bits per heavy atom. The van der Waals surface area contributed by atoms with Gasteiger partial charge in [-0.1, -0.05) is 43.3 Å². The molecule has 1 amide bonds. The minimum Gasteiger partial charge on any atom is -0.418 e. The van der Waals surface area contributed by atoms with Crippen molar-refractivity contribution in [1.29, 1.82) is 0 Å². The Labute approximate surface area is 174 Å². The Bertz CT molecular complexity index is 894. The van der Waals surface area contributed by atoms with Gasteiger partial charge in [0.1, 0.15) is 0 Å². The molecule has 0 unspecified atom stereocenters. The van der Waals surface area contributed by atoms with Crippen molar-refractivity contribution in [2.75, 3.05) is 0 Å². The van der Waals surface area contributed by atoms with Crippen LogP contribution < -0.4 is 0 Å². The van der Waals surface area contributed by atoms with Crippen LogP contribution >= 0.6 is 0 Å². The molecule has 2 aromatic rings. The van der Waals surface area contributed by atoms with Gasteiger partial charge in [-0.25, -0.2) is 4.79 Å². The molecule has 0 radical (unpaired) electrons. The number of rotatable bonds is 5. The van der Waals surface area contributed by atoms with Crippen LogP contribution in [0.25, 0.3) is 10.8 Å². The Hall–Kier alpha value is -2.33. The van der Waals surface area contributed by atoms with Gasteiger partial charge in [-0.2, -0.15) is 0 Å². The number of nitrogens with zero attached hydrogens (tertiary/aromatic N) is 1. The van der Waals surface area contributed by atoms with E-state index in [2.05, 4.69) is 31.2 Å². The Morgan fingerprint density at radius 2 is 1.76 bits per heavy atom. The first-order chi connectivity index (χ1) is 13.7. The highest BCUT2D eigenvalue weighted by Crippen LogP contribution is 2.51. The van der Waals surface area contributed by atoms with Gasteiger partial charge >= 0.3 is 6.09 Å². The summed E-state index contributed by atoms with van der Waals surface area (Å²) < 4.78 is 5.58. The monoisotopic (exact) mass is 395 g/mol. The van der Waals surface area contributed by atoms with Crippen LogP contribution in [0.3, 0.4) is 0 Å². The normalized spacial score (nSPS) is 21.9. The zero-order valence-electron chi connectivity index (χ0n) is 18.2. The summed E-state index contributed by atoms with van der Waals surface area (Å²) >= 11 is 0. The number of amides is 1. The summed E-state index contributed by atoms with van der Waals surface area (Å²) in [5, 5.41) is 13.5. The second kappa shape index (κ2) is 8.58. The first-order valence-electron chi connectivity index (χ1n) is 10.6. The predicted octanol–water partition coefficient (Wildman–Crippen LogP) is 6.20. The molecular formula is C25H33NO3. The van der Waals surface area contributed by atoms with E-state index in [0.717, 1.165) is 41.2 Å². The first kappa shape index (κ1) is 21.4. The van der Waals surface area contributed by atoms with Gasteiger partial charge in [0.05, 0.1) is 12.4 Å². The van der Waals surface area contributed by atoms with E-state index in [0.29, 0.717) is 0 Å². The van der Waals surface area contributed by atoms with E-state index < -0.39 is 11.5 Å². The minimum absolute atomic E-state index is 0.0686. The molecule has 0 saturated heterocycles. The van der Waals surface area contributed by atoms with Crippen LogP contribution in [0.5, 0.6) is 0 Å². The predicted molar refractivity (Wildman–Crippen MR) is 118 cm³/mol. The van der Waals surface area contributed by atoms with E-state index in [9.17, 15) is 9.90 Å². The van der Waals surface area contributed by atoms with Crippen LogP contribution in [0, 0.1) is 5.41 Å². The molecule has 1 fully saturated rings. The van der Waals surface area contributed by atoms with Crippen molar-refractivity contribution >= 4 is 16.9 Å². The number of aliphatic hydroxyl groups excluding tert-OH is 1. The summed E-state index contributed by atoms with van der Waals surface area (Å²) in [4.78, 5) is 14.3. The molecule has 1 N–H and O–H groups in total. The van der Waals surface area contributed by atoms with Crippen molar-refractivity contribution in [1.82, 2.24) is 4.90 Å². The second-order valence-corrected chi connectivity index (χ2v) is 8.90. The smallest absolute Gasteiger partial charge is 0.415 e. The molecule has 2 aromatic carbocycles. The second-order valence-electron chi connectivity index (χ2n) is 8.90. The standard InChI is InChI=1S/C25H33NO3/c1-17(2)26(18(3)4)24(28)29-16-22-11-8-14-25(22,5)23(27)21-13-12-19-9-6-7-10-20(19)15-21/h6-7,9-10,12-13,15-18,23,27H,8,11,14H2,1-5H3/b22-16+/t23-,25+/m1/s1. The molecular weight excluding hydrogens is 362 g/mol. The fourth-order valence-electron chi connectivity index (χ4n) is 4.54. The molecule has 0 bridgehead atoms. The van der Waals surface area contributed by atoms with Gasteiger partial charge in [0.25, 0.3) is 0 Å². The molecule has 2 atom stereocenters. The van der Waals surface area contributed by atoms with Gasteiger partial charge in [-0.3, -0.25) is 0 Å². The van der Waals surface area contributed by atoms with Crippen LogP contribution in [0.1, 0.15) is 65.5 Å². The summed E-state index contributed by atoms with van der Waals surface area (Å²) in [6.45, 7) is 10.0. The van der Waals surface area contributed by atoms with Crippen molar-refractivity contribution in [3.63, 3.8) is 0 Å². The lowest BCUT2D eigenvalue weighted by Crippen LogP contribution is -2.41. The number of carbonyl (C=O) groups excluding carboxylic acids is 1. The zero-order valence-corrected chi connectivity index (χ0v) is 18.2. The summed E-state index contributed by atoms with van der Waals surface area (Å²) in [6.07, 6.45) is 3.28. The third-order valence-electron chi connectivity index (χ3n) is 6.19. The van der Waals surface area contributed by atoms with Crippen LogP contribution in [-0.4, -0.2) is 28.2 Å². The Balaban J connectivity index is 1.83. The van der Waals surface area contributed by atoms with Crippen LogP contribution in [-0.2, 0) is 4.74 Å². The molecule has 29 heavy (non-hydrogen) atoms. The van der Waals surface area contributed by atoms with Crippen molar-refractivity contribution in [3.8, 4) is 0 Å². The van der Waals surface area contributed by atoms with Crippen molar-refractivity contribution in [2.45, 2.75) is 72.1 Å². The van der Waals surface area contributed by atoms with Gasteiger partial charge in [-0.05, 0) is 74.9 Å². The molecule has 4 heteroatoms. The van der Waals surface area contributed by atoms with E-state index in [1.165, 1.54) is 0 Å². The largest absolute Gasteiger partial charge is 0.418 e. The van der Waals surface area contributed by atoms with Gasteiger partial charge in [0.2, 0.25) is 0 Å². The highest BCUT2D eigenvalue weighted by atomic mass is 16.5. The molecule has 1 aliphatic rings. The lowest BCUT2D eigenvalue weighted by molar-refractivity contribution is 0.0624. The third kappa shape index (κ3) is 4.32.